The second-order valence-corrected chi connectivity index (χ2v) is 5.49. The third-order valence-electron chi connectivity index (χ3n) is 3.73. The van der Waals surface area contributed by atoms with Crippen LogP contribution >= 0.6 is 0 Å². The van der Waals surface area contributed by atoms with E-state index in [0.29, 0.717) is 22.4 Å². The largest absolute Gasteiger partial charge is 0.481 e. The van der Waals surface area contributed by atoms with Gasteiger partial charge in [-0.1, -0.05) is 12.7 Å². The topological polar surface area (TPSA) is 52.6 Å². The third kappa shape index (κ3) is 2.96. The van der Waals surface area contributed by atoms with E-state index in [0.717, 1.165) is 5.57 Å². The Kier molecular flexibility index (Phi) is 4.50. The number of hydrogen-bond donors (Lipinski definition) is 0. The van der Waals surface area contributed by atoms with Crippen LogP contribution in [0, 0.1) is 0 Å². The second kappa shape index (κ2) is 6.18. The van der Waals surface area contributed by atoms with Crippen LogP contribution in [-0.4, -0.2) is 17.9 Å². The highest BCUT2D eigenvalue weighted by Gasteiger charge is 2.38. The second-order valence-electron chi connectivity index (χ2n) is 5.49. The number of esters is 1. The quantitative estimate of drug-likeness (QED) is 0.367. The Bertz CT molecular complexity index is 670. The highest BCUT2D eigenvalue weighted by Crippen LogP contribution is 2.42. The van der Waals surface area contributed by atoms with Crippen molar-refractivity contribution in [1.82, 2.24) is 0 Å². The molecule has 0 aromatic heterocycles. The molecule has 0 radical (unpaired) electrons. The Morgan fingerprint density at radius 1 is 1.27 bits per heavy atom. The summed E-state index contributed by atoms with van der Waals surface area (Å²) in [7, 11) is 0. The van der Waals surface area contributed by atoms with Crippen LogP contribution in [0.15, 0.2) is 42.0 Å². The lowest BCUT2D eigenvalue weighted by atomic mass is 9.99. The van der Waals surface area contributed by atoms with Crippen molar-refractivity contribution >= 4 is 11.8 Å². The zero-order valence-electron chi connectivity index (χ0n) is 13.3. The van der Waals surface area contributed by atoms with Gasteiger partial charge < -0.3 is 9.47 Å². The molecule has 0 spiro atoms. The van der Waals surface area contributed by atoms with Gasteiger partial charge in [0.2, 0.25) is 0 Å². The molecule has 0 bridgehead atoms. The van der Waals surface area contributed by atoms with Crippen molar-refractivity contribution in [3.8, 4) is 5.75 Å². The minimum atomic E-state index is -0.589. The molecule has 22 heavy (non-hydrogen) atoms. The van der Waals surface area contributed by atoms with Crippen LogP contribution in [0.3, 0.4) is 0 Å². The molecule has 2 atom stereocenters. The number of hydrogen-bond acceptors (Lipinski definition) is 4. The van der Waals surface area contributed by atoms with Gasteiger partial charge in [0.15, 0.2) is 18.0 Å². The van der Waals surface area contributed by atoms with Crippen molar-refractivity contribution in [2.24, 2.45) is 0 Å². The zero-order chi connectivity index (χ0) is 16.4. The van der Waals surface area contributed by atoms with Gasteiger partial charge in [0.05, 0.1) is 0 Å². The maximum atomic E-state index is 12.1. The van der Waals surface area contributed by atoms with Gasteiger partial charge in [-0.3, -0.25) is 4.79 Å². The van der Waals surface area contributed by atoms with E-state index in [1.807, 2.05) is 6.92 Å². The lowest BCUT2D eigenvalue weighted by molar-refractivity contribution is -0.146. The lowest BCUT2D eigenvalue weighted by Crippen LogP contribution is -2.24. The summed E-state index contributed by atoms with van der Waals surface area (Å²) in [6.07, 6.45) is 0.667. The number of allylic oxidation sites excluding steroid dienone is 1. The molecule has 0 N–H and O–H groups in total. The number of fused-ring (bicyclic) bond motifs is 1. The molecule has 4 heteroatoms. The van der Waals surface area contributed by atoms with Gasteiger partial charge in [-0.05, 0) is 51.5 Å². The molecule has 1 aliphatic heterocycles. The minimum Gasteiger partial charge on any atom is -0.481 e. The number of Topliss-reactive ketones (excluding diaryl/α,β-unsaturated/α-hetero) is 1. The molecule has 0 amide bonds. The predicted octanol–water partition coefficient (Wildman–Crippen LogP) is 3.78. The summed E-state index contributed by atoms with van der Waals surface area (Å²) in [5.74, 6) is 0.175. The first-order valence-corrected chi connectivity index (χ1v) is 7.16. The van der Waals surface area contributed by atoms with Crippen molar-refractivity contribution in [3.63, 3.8) is 0 Å². The molecule has 0 aliphatic carbocycles. The number of carbonyl (C=O) groups excluding carboxylic acids is 2. The highest BCUT2D eigenvalue weighted by molar-refractivity contribution is 5.94. The van der Waals surface area contributed by atoms with E-state index in [1.165, 1.54) is 6.92 Å². The first kappa shape index (κ1) is 16.0. The molecule has 0 saturated heterocycles. The van der Waals surface area contributed by atoms with E-state index in [1.54, 1.807) is 38.1 Å². The van der Waals surface area contributed by atoms with Gasteiger partial charge in [0, 0.05) is 16.7 Å². The zero-order valence-corrected chi connectivity index (χ0v) is 13.3. The fourth-order valence-electron chi connectivity index (χ4n) is 2.27. The van der Waals surface area contributed by atoms with Crippen LogP contribution in [0.25, 0.3) is 0 Å². The van der Waals surface area contributed by atoms with Crippen LogP contribution in [0.1, 0.15) is 49.7 Å². The molecule has 2 rings (SSSR count). The van der Waals surface area contributed by atoms with E-state index in [2.05, 4.69) is 6.58 Å². The standard InChI is InChI=1S/C18H20O4/c1-6-11(4)18(20)22-17-14-9-13(12(5)19)7-8-15(14)21-16(17)10(2)3/h6-9,16-17H,2H2,1,3-5H3/b11-6-. The predicted molar refractivity (Wildman–Crippen MR) is 83.9 cm³/mol. The molecule has 0 saturated carbocycles. The van der Waals surface area contributed by atoms with Crippen molar-refractivity contribution in [2.75, 3.05) is 0 Å². The van der Waals surface area contributed by atoms with Gasteiger partial charge in [-0.15, -0.1) is 0 Å². The van der Waals surface area contributed by atoms with Crippen LogP contribution in [0.2, 0.25) is 0 Å². The lowest BCUT2D eigenvalue weighted by Gasteiger charge is -2.20. The Hall–Kier alpha value is -2.36. The summed E-state index contributed by atoms with van der Waals surface area (Å²) in [5.41, 5.74) is 2.56. The van der Waals surface area contributed by atoms with E-state index in [9.17, 15) is 9.59 Å². The fourth-order valence-corrected chi connectivity index (χ4v) is 2.27. The summed E-state index contributed by atoms with van der Waals surface area (Å²) < 4.78 is 11.4. The Morgan fingerprint density at radius 3 is 2.50 bits per heavy atom. The monoisotopic (exact) mass is 300 g/mol. The van der Waals surface area contributed by atoms with Crippen molar-refractivity contribution in [3.05, 3.63) is 53.1 Å². The maximum Gasteiger partial charge on any atom is 0.334 e. The summed E-state index contributed by atoms with van der Waals surface area (Å²) in [5, 5.41) is 0. The van der Waals surface area contributed by atoms with Gasteiger partial charge in [0.1, 0.15) is 5.75 Å². The van der Waals surface area contributed by atoms with E-state index in [-0.39, 0.29) is 5.78 Å². The highest BCUT2D eigenvalue weighted by atomic mass is 16.6. The smallest absolute Gasteiger partial charge is 0.334 e. The Morgan fingerprint density at radius 2 is 1.95 bits per heavy atom. The van der Waals surface area contributed by atoms with Crippen molar-refractivity contribution in [1.29, 1.82) is 0 Å². The van der Waals surface area contributed by atoms with E-state index in [4.69, 9.17) is 9.47 Å². The van der Waals surface area contributed by atoms with Gasteiger partial charge in [0.25, 0.3) is 0 Å². The Labute approximate surface area is 130 Å². The summed E-state index contributed by atoms with van der Waals surface area (Å²) >= 11 is 0. The first-order valence-electron chi connectivity index (χ1n) is 7.16. The number of ketones is 1. The number of benzene rings is 1. The van der Waals surface area contributed by atoms with Crippen LogP contribution in [-0.2, 0) is 9.53 Å². The summed E-state index contributed by atoms with van der Waals surface area (Å²) in [6, 6.07) is 5.17. The normalized spacial score (nSPS) is 20.1. The molecular formula is C18H20O4. The fraction of sp³-hybridized carbons (Fsp3) is 0.333. The molecule has 116 valence electrons. The average molecular weight is 300 g/mol. The molecule has 1 aromatic rings. The van der Waals surface area contributed by atoms with E-state index < -0.39 is 18.2 Å². The van der Waals surface area contributed by atoms with E-state index >= 15 is 0 Å². The van der Waals surface area contributed by atoms with Crippen molar-refractivity contribution in [2.45, 2.75) is 39.9 Å². The van der Waals surface area contributed by atoms with Crippen LogP contribution < -0.4 is 4.74 Å². The summed E-state index contributed by atoms with van der Waals surface area (Å²) in [6.45, 7) is 10.7. The molecular weight excluding hydrogens is 280 g/mol. The molecule has 1 aromatic carbocycles. The van der Waals surface area contributed by atoms with Gasteiger partial charge >= 0.3 is 5.97 Å². The molecule has 4 nitrogen and oxygen atoms in total. The Balaban J connectivity index is 2.41. The average Bonchev–Trinajstić information content (AvgIpc) is 2.84. The van der Waals surface area contributed by atoms with Crippen LogP contribution in [0.5, 0.6) is 5.75 Å². The number of ether oxygens (including phenoxy) is 2. The van der Waals surface area contributed by atoms with Gasteiger partial charge in [-0.2, -0.15) is 0 Å². The van der Waals surface area contributed by atoms with Crippen LogP contribution in [0.4, 0.5) is 0 Å². The third-order valence-corrected chi connectivity index (χ3v) is 3.73. The maximum absolute atomic E-state index is 12.1. The molecule has 2 unspecified atom stereocenters. The molecule has 0 fully saturated rings. The SMILES string of the molecule is C=C(C)C1Oc2ccc(C(C)=O)cc2C1OC(=O)/C(C)=C\C. The summed E-state index contributed by atoms with van der Waals surface area (Å²) in [4.78, 5) is 23.7. The van der Waals surface area contributed by atoms with Crippen molar-refractivity contribution < 1.29 is 19.1 Å². The molecule has 1 heterocycles. The number of carbonyl (C=O) groups is 2. The van der Waals surface area contributed by atoms with Gasteiger partial charge in [-0.25, -0.2) is 4.79 Å². The molecule has 1 aliphatic rings. The first-order chi connectivity index (χ1) is 10.3. The number of rotatable bonds is 4. The minimum absolute atomic E-state index is 0.0451.